The topological polar surface area (TPSA) is 64.7 Å². The third-order valence-electron chi connectivity index (χ3n) is 3.03. The Morgan fingerprint density at radius 3 is 2.29 bits per heavy atom. The molecule has 0 radical (unpaired) electrons. The number of ether oxygens (including phenoxy) is 2. The van der Waals surface area contributed by atoms with Gasteiger partial charge in [-0.3, -0.25) is 0 Å². The van der Waals surface area contributed by atoms with E-state index in [1.807, 2.05) is 55.5 Å². The lowest BCUT2D eigenvalue weighted by molar-refractivity contribution is 0.0626. The minimum atomic E-state index is -0.681. The molecular weight excluding hydrogens is 266 g/mol. The first-order valence-corrected chi connectivity index (χ1v) is 6.96. The van der Waals surface area contributed by atoms with Crippen molar-refractivity contribution in [3.63, 3.8) is 0 Å². The summed E-state index contributed by atoms with van der Waals surface area (Å²) in [6.45, 7) is 2.89. The maximum atomic E-state index is 9.87. The molecule has 21 heavy (non-hydrogen) atoms. The molecule has 0 fully saturated rings. The van der Waals surface area contributed by atoms with E-state index in [0.29, 0.717) is 12.3 Å². The van der Waals surface area contributed by atoms with Crippen molar-refractivity contribution >= 4 is 0 Å². The minimum absolute atomic E-state index is 0.188. The number of aryl methyl sites for hydroxylation is 1. The average Bonchev–Trinajstić information content (AvgIpc) is 2.51. The monoisotopic (exact) mass is 287 g/mol. The number of nitrogens with two attached hydrogens (primary N) is 1. The Labute approximate surface area is 125 Å². The van der Waals surface area contributed by atoms with Crippen LogP contribution < -0.4 is 15.2 Å². The standard InChI is InChI=1S/C17H21NO3/c1-13-3-2-4-17(9-13)21-12-15(19)11-20-16-7-5-14(10-18)6-8-16/h2-9,15,19H,10-12,18H2,1H3. The Balaban J connectivity index is 1.75. The first kappa shape index (κ1) is 15.4. The van der Waals surface area contributed by atoms with Crippen LogP contribution in [0.1, 0.15) is 11.1 Å². The van der Waals surface area contributed by atoms with Gasteiger partial charge in [0.05, 0.1) is 0 Å². The fraction of sp³-hybridized carbons (Fsp3) is 0.294. The lowest BCUT2D eigenvalue weighted by Crippen LogP contribution is -2.25. The molecule has 2 aromatic rings. The highest BCUT2D eigenvalue weighted by molar-refractivity contribution is 5.28. The third-order valence-corrected chi connectivity index (χ3v) is 3.03. The second-order valence-electron chi connectivity index (χ2n) is 4.94. The van der Waals surface area contributed by atoms with Crippen molar-refractivity contribution < 1.29 is 14.6 Å². The zero-order valence-electron chi connectivity index (χ0n) is 12.2. The molecule has 4 heteroatoms. The van der Waals surface area contributed by atoms with Crippen molar-refractivity contribution in [1.29, 1.82) is 0 Å². The Morgan fingerprint density at radius 1 is 1.00 bits per heavy atom. The molecule has 1 unspecified atom stereocenters. The van der Waals surface area contributed by atoms with Gasteiger partial charge in [0.1, 0.15) is 30.8 Å². The molecule has 0 saturated carbocycles. The molecule has 0 saturated heterocycles. The molecule has 0 bridgehead atoms. The molecule has 0 aromatic heterocycles. The quantitative estimate of drug-likeness (QED) is 0.820. The molecule has 2 rings (SSSR count). The first-order valence-electron chi connectivity index (χ1n) is 6.96. The van der Waals surface area contributed by atoms with Crippen LogP contribution in [0.5, 0.6) is 11.5 Å². The maximum Gasteiger partial charge on any atom is 0.122 e. The molecule has 0 heterocycles. The molecule has 2 aromatic carbocycles. The van der Waals surface area contributed by atoms with Gasteiger partial charge in [0, 0.05) is 6.54 Å². The number of hydrogen-bond donors (Lipinski definition) is 2. The fourth-order valence-corrected chi connectivity index (χ4v) is 1.86. The number of aliphatic hydroxyl groups is 1. The fourth-order valence-electron chi connectivity index (χ4n) is 1.86. The molecule has 0 aliphatic rings. The SMILES string of the molecule is Cc1cccc(OCC(O)COc2ccc(CN)cc2)c1. The van der Waals surface area contributed by atoms with Crippen molar-refractivity contribution in [3.8, 4) is 11.5 Å². The van der Waals surface area contributed by atoms with E-state index in [9.17, 15) is 5.11 Å². The van der Waals surface area contributed by atoms with Gasteiger partial charge in [0.2, 0.25) is 0 Å². The van der Waals surface area contributed by atoms with Gasteiger partial charge in [0.25, 0.3) is 0 Å². The number of benzene rings is 2. The lowest BCUT2D eigenvalue weighted by Gasteiger charge is -2.14. The van der Waals surface area contributed by atoms with Crippen LogP contribution in [0.4, 0.5) is 0 Å². The van der Waals surface area contributed by atoms with E-state index in [0.717, 1.165) is 16.9 Å². The largest absolute Gasteiger partial charge is 0.491 e. The summed E-state index contributed by atoms with van der Waals surface area (Å²) >= 11 is 0. The molecule has 0 spiro atoms. The van der Waals surface area contributed by atoms with Gasteiger partial charge >= 0.3 is 0 Å². The van der Waals surface area contributed by atoms with E-state index in [4.69, 9.17) is 15.2 Å². The van der Waals surface area contributed by atoms with E-state index in [1.165, 1.54) is 0 Å². The lowest BCUT2D eigenvalue weighted by atomic mass is 10.2. The molecule has 4 nitrogen and oxygen atoms in total. The van der Waals surface area contributed by atoms with Crippen LogP contribution in [0, 0.1) is 6.92 Å². The van der Waals surface area contributed by atoms with Crippen LogP contribution in [0.15, 0.2) is 48.5 Å². The molecule has 0 amide bonds. The molecule has 3 N–H and O–H groups in total. The van der Waals surface area contributed by atoms with Gasteiger partial charge in [-0.25, -0.2) is 0 Å². The molecule has 0 aliphatic carbocycles. The van der Waals surface area contributed by atoms with Crippen LogP contribution in [-0.2, 0) is 6.54 Å². The number of aliphatic hydroxyl groups excluding tert-OH is 1. The predicted molar refractivity (Wildman–Crippen MR) is 82.5 cm³/mol. The first-order chi connectivity index (χ1) is 10.2. The Hall–Kier alpha value is -2.04. The molecule has 112 valence electrons. The third kappa shape index (κ3) is 5.10. The van der Waals surface area contributed by atoms with E-state index < -0.39 is 6.10 Å². The van der Waals surface area contributed by atoms with Gasteiger partial charge in [-0.1, -0.05) is 24.3 Å². The summed E-state index contributed by atoms with van der Waals surface area (Å²) in [6, 6.07) is 15.2. The van der Waals surface area contributed by atoms with Gasteiger partial charge in [0.15, 0.2) is 0 Å². The predicted octanol–water partition coefficient (Wildman–Crippen LogP) is 2.27. The number of hydrogen-bond acceptors (Lipinski definition) is 4. The zero-order chi connectivity index (χ0) is 15.1. The van der Waals surface area contributed by atoms with Crippen LogP contribution in [0.2, 0.25) is 0 Å². The summed E-state index contributed by atoms with van der Waals surface area (Å²) < 4.78 is 11.0. The zero-order valence-corrected chi connectivity index (χ0v) is 12.2. The van der Waals surface area contributed by atoms with Gasteiger partial charge in [-0.2, -0.15) is 0 Å². The molecule has 1 atom stereocenters. The van der Waals surface area contributed by atoms with Gasteiger partial charge < -0.3 is 20.3 Å². The molecule has 0 aliphatic heterocycles. The highest BCUT2D eigenvalue weighted by Gasteiger charge is 2.07. The van der Waals surface area contributed by atoms with Crippen LogP contribution in [-0.4, -0.2) is 24.4 Å². The summed E-state index contributed by atoms with van der Waals surface area (Å²) in [6.07, 6.45) is -0.681. The van der Waals surface area contributed by atoms with E-state index >= 15 is 0 Å². The van der Waals surface area contributed by atoms with Gasteiger partial charge in [-0.05, 0) is 42.3 Å². The summed E-state index contributed by atoms with van der Waals surface area (Å²) in [5, 5.41) is 9.87. The van der Waals surface area contributed by atoms with Crippen molar-refractivity contribution in [2.45, 2.75) is 19.6 Å². The highest BCUT2D eigenvalue weighted by Crippen LogP contribution is 2.14. The maximum absolute atomic E-state index is 9.87. The number of rotatable bonds is 7. The average molecular weight is 287 g/mol. The normalized spacial score (nSPS) is 12.0. The summed E-state index contributed by atoms with van der Waals surface area (Å²) in [7, 11) is 0. The Kier molecular flexibility index (Phi) is 5.60. The second-order valence-corrected chi connectivity index (χ2v) is 4.94. The van der Waals surface area contributed by atoms with E-state index in [2.05, 4.69) is 0 Å². The summed E-state index contributed by atoms with van der Waals surface area (Å²) in [4.78, 5) is 0. The molecular formula is C17H21NO3. The summed E-state index contributed by atoms with van der Waals surface area (Å²) in [5.41, 5.74) is 7.70. The minimum Gasteiger partial charge on any atom is -0.491 e. The van der Waals surface area contributed by atoms with Crippen LogP contribution in [0.25, 0.3) is 0 Å². The summed E-state index contributed by atoms with van der Waals surface area (Å²) in [5.74, 6) is 1.46. The van der Waals surface area contributed by atoms with Crippen molar-refractivity contribution in [3.05, 3.63) is 59.7 Å². The van der Waals surface area contributed by atoms with Crippen LogP contribution >= 0.6 is 0 Å². The Bertz CT molecular complexity index is 554. The van der Waals surface area contributed by atoms with E-state index in [-0.39, 0.29) is 13.2 Å². The van der Waals surface area contributed by atoms with Crippen molar-refractivity contribution in [1.82, 2.24) is 0 Å². The second kappa shape index (κ2) is 7.67. The van der Waals surface area contributed by atoms with Gasteiger partial charge in [-0.15, -0.1) is 0 Å². The van der Waals surface area contributed by atoms with E-state index in [1.54, 1.807) is 0 Å². The Morgan fingerprint density at radius 2 is 1.67 bits per heavy atom. The van der Waals surface area contributed by atoms with Crippen molar-refractivity contribution in [2.75, 3.05) is 13.2 Å². The smallest absolute Gasteiger partial charge is 0.122 e. The van der Waals surface area contributed by atoms with Crippen molar-refractivity contribution in [2.24, 2.45) is 5.73 Å². The highest BCUT2D eigenvalue weighted by atomic mass is 16.5. The van der Waals surface area contributed by atoms with Crippen LogP contribution in [0.3, 0.4) is 0 Å².